The summed E-state index contributed by atoms with van der Waals surface area (Å²) in [6.07, 6.45) is 1.68. The molecule has 10 heteroatoms. The number of nitrogen functional groups attached to an aromatic ring is 1. The van der Waals surface area contributed by atoms with Crippen molar-refractivity contribution in [2.24, 2.45) is 0 Å². The van der Waals surface area contributed by atoms with Gasteiger partial charge in [-0.1, -0.05) is 6.07 Å². The number of nitrogens with one attached hydrogen (secondary N) is 1. The van der Waals surface area contributed by atoms with Gasteiger partial charge in [-0.15, -0.1) is 0 Å². The number of rotatable bonds is 4. The Kier molecular flexibility index (Phi) is 4.41. The second-order valence-electron chi connectivity index (χ2n) is 7.87. The standard InChI is InChI=1S/C22H23N7O3/c1-10-5-6-14(30)11(2)18(10)29-19(23)16-15-17(25-12(3)26-21(15)29)13-9-24-28(7-8-32-4)20(13)27-22(16)31/h5-6,9,30H,7-8,23H2,1-4H3,(H,27,31). The van der Waals surface area contributed by atoms with Crippen LogP contribution in [0.2, 0.25) is 0 Å². The molecule has 0 fully saturated rings. The summed E-state index contributed by atoms with van der Waals surface area (Å²) in [4.78, 5) is 22.7. The van der Waals surface area contributed by atoms with Gasteiger partial charge in [0.1, 0.15) is 23.2 Å². The van der Waals surface area contributed by atoms with E-state index in [1.165, 1.54) is 0 Å². The lowest BCUT2D eigenvalue weighted by molar-refractivity contribution is 0.102. The SMILES string of the molecule is COCCn1ncc2c1NC(=O)c1c(N)n(-c3c(C)ccc(O)c3C)c3nc(C)nc-2c13. The van der Waals surface area contributed by atoms with E-state index in [4.69, 9.17) is 10.5 Å². The molecule has 32 heavy (non-hydrogen) atoms. The summed E-state index contributed by atoms with van der Waals surface area (Å²) in [6, 6.07) is 3.45. The second-order valence-corrected chi connectivity index (χ2v) is 7.87. The molecule has 0 spiro atoms. The molecule has 0 bridgehead atoms. The van der Waals surface area contributed by atoms with E-state index in [2.05, 4.69) is 20.4 Å². The minimum atomic E-state index is -0.367. The number of methoxy groups -OCH3 is 1. The van der Waals surface area contributed by atoms with Gasteiger partial charge >= 0.3 is 0 Å². The summed E-state index contributed by atoms with van der Waals surface area (Å²) < 4.78 is 8.57. The third-order valence-corrected chi connectivity index (χ3v) is 5.85. The Bertz CT molecular complexity index is 1420. The first-order valence-corrected chi connectivity index (χ1v) is 10.2. The third-order valence-electron chi connectivity index (χ3n) is 5.85. The van der Waals surface area contributed by atoms with Crippen LogP contribution in [0.1, 0.15) is 27.3 Å². The van der Waals surface area contributed by atoms with Crippen LogP contribution in [-0.4, -0.2) is 49.0 Å². The average Bonchev–Trinajstić information content (AvgIpc) is 3.23. The predicted molar refractivity (Wildman–Crippen MR) is 120 cm³/mol. The number of carbonyl (C=O) groups excluding carboxylic acids is 1. The summed E-state index contributed by atoms with van der Waals surface area (Å²) >= 11 is 0. The molecule has 0 saturated carbocycles. The van der Waals surface area contributed by atoms with Crippen LogP contribution in [0.25, 0.3) is 28.0 Å². The fourth-order valence-electron chi connectivity index (χ4n) is 4.33. The molecule has 1 aliphatic rings. The maximum atomic E-state index is 13.4. The first-order valence-electron chi connectivity index (χ1n) is 10.2. The smallest absolute Gasteiger partial charge is 0.261 e. The van der Waals surface area contributed by atoms with E-state index in [1.54, 1.807) is 48.5 Å². The molecule has 0 atom stereocenters. The number of fused-ring (bicyclic) bond motifs is 2. The number of phenolic OH excluding ortho intramolecular Hbond substituents is 1. The molecule has 10 nitrogen and oxygen atoms in total. The number of phenols is 1. The zero-order chi connectivity index (χ0) is 22.7. The summed E-state index contributed by atoms with van der Waals surface area (Å²) in [6.45, 7) is 6.44. The Morgan fingerprint density at radius 1 is 1.22 bits per heavy atom. The van der Waals surface area contributed by atoms with Crippen molar-refractivity contribution in [3.05, 3.63) is 40.8 Å². The number of nitrogens with two attached hydrogens (primary N) is 1. The van der Waals surface area contributed by atoms with E-state index in [0.29, 0.717) is 63.9 Å². The van der Waals surface area contributed by atoms with Gasteiger partial charge in [0.15, 0.2) is 5.65 Å². The quantitative estimate of drug-likeness (QED) is 0.451. The van der Waals surface area contributed by atoms with Gasteiger partial charge in [0, 0.05) is 12.7 Å². The average molecular weight is 433 g/mol. The Labute approximate surface area is 183 Å². The fraction of sp³-hybridized carbons (Fsp3) is 0.273. The molecular formula is C22H23N7O3. The highest BCUT2D eigenvalue weighted by molar-refractivity contribution is 6.22. The molecule has 1 aliphatic heterocycles. The first kappa shape index (κ1) is 20.0. The number of aromatic nitrogens is 5. The summed E-state index contributed by atoms with van der Waals surface area (Å²) in [5, 5.41) is 18.3. The van der Waals surface area contributed by atoms with E-state index in [9.17, 15) is 9.90 Å². The van der Waals surface area contributed by atoms with E-state index in [1.807, 2.05) is 6.92 Å². The molecule has 5 rings (SSSR count). The molecule has 3 aromatic heterocycles. The number of benzene rings is 1. The topological polar surface area (TPSA) is 133 Å². The zero-order valence-electron chi connectivity index (χ0n) is 18.2. The second kappa shape index (κ2) is 7.06. The van der Waals surface area contributed by atoms with Crippen molar-refractivity contribution < 1.29 is 14.6 Å². The lowest BCUT2D eigenvalue weighted by atomic mass is 10.1. The third kappa shape index (κ3) is 2.69. The molecule has 0 saturated heterocycles. The lowest BCUT2D eigenvalue weighted by Crippen LogP contribution is -2.18. The molecule has 164 valence electrons. The Morgan fingerprint density at radius 3 is 2.75 bits per heavy atom. The number of ether oxygens (including phenoxy) is 1. The molecule has 1 amide bonds. The van der Waals surface area contributed by atoms with Crippen LogP contribution in [0, 0.1) is 20.8 Å². The first-order chi connectivity index (χ1) is 15.3. The van der Waals surface area contributed by atoms with Crippen LogP contribution in [0.3, 0.4) is 0 Å². The highest BCUT2D eigenvalue weighted by Gasteiger charge is 2.33. The molecule has 4 N–H and O–H groups in total. The van der Waals surface area contributed by atoms with Gasteiger partial charge in [-0.25, -0.2) is 14.6 Å². The number of hydrogen-bond donors (Lipinski definition) is 3. The Morgan fingerprint density at radius 2 is 2.00 bits per heavy atom. The minimum Gasteiger partial charge on any atom is -0.508 e. The van der Waals surface area contributed by atoms with Gasteiger partial charge in [-0.2, -0.15) is 5.10 Å². The zero-order valence-corrected chi connectivity index (χ0v) is 18.2. The molecule has 4 heterocycles. The van der Waals surface area contributed by atoms with Gasteiger partial charge in [0.25, 0.3) is 5.91 Å². The predicted octanol–water partition coefficient (Wildman–Crippen LogP) is 2.71. The molecule has 0 radical (unpaired) electrons. The van der Waals surface area contributed by atoms with Crippen molar-refractivity contribution in [1.82, 2.24) is 24.3 Å². The molecule has 0 unspecified atom stereocenters. The van der Waals surface area contributed by atoms with Crippen LogP contribution >= 0.6 is 0 Å². The lowest BCUT2D eigenvalue weighted by Gasteiger charge is -2.16. The monoisotopic (exact) mass is 433 g/mol. The number of nitrogens with zero attached hydrogens (tertiary/aromatic N) is 5. The number of hydrogen-bond acceptors (Lipinski definition) is 7. The Hall–Kier alpha value is -3.92. The summed E-state index contributed by atoms with van der Waals surface area (Å²) in [5.41, 5.74) is 10.9. The molecule has 4 aromatic rings. The van der Waals surface area contributed by atoms with Crippen molar-refractivity contribution in [3.63, 3.8) is 0 Å². The number of carbonyl (C=O) groups is 1. The van der Waals surface area contributed by atoms with Crippen LogP contribution < -0.4 is 11.1 Å². The van der Waals surface area contributed by atoms with Crippen LogP contribution in [0.5, 0.6) is 5.75 Å². The largest absolute Gasteiger partial charge is 0.508 e. The highest BCUT2D eigenvalue weighted by atomic mass is 16.5. The van der Waals surface area contributed by atoms with Gasteiger partial charge in [-0.3, -0.25) is 9.36 Å². The molecular weight excluding hydrogens is 410 g/mol. The number of aryl methyl sites for hydroxylation is 2. The maximum absolute atomic E-state index is 13.4. The van der Waals surface area contributed by atoms with Crippen LogP contribution in [0.15, 0.2) is 18.3 Å². The van der Waals surface area contributed by atoms with Crippen molar-refractivity contribution in [2.45, 2.75) is 27.3 Å². The normalized spacial score (nSPS) is 12.7. The van der Waals surface area contributed by atoms with Crippen LogP contribution in [-0.2, 0) is 11.3 Å². The van der Waals surface area contributed by atoms with E-state index in [0.717, 1.165) is 5.56 Å². The maximum Gasteiger partial charge on any atom is 0.261 e. The Balaban J connectivity index is 1.88. The van der Waals surface area contributed by atoms with Gasteiger partial charge in [0.05, 0.1) is 47.2 Å². The van der Waals surface area contributed by atoms with Crippen molar-refractivity contribution >= 4 is 28.6 Å². The van der Waals surface area contributed by atoms with E-state index in [-0.39, 0.29) is 17.5 Å². The van der Waals surface area contributed by atoms with Gasteiger partial charge in [0.2, 0.25) is 0 Å². The summed E-state index contributed by atoms with van der Waals surface area (Å²) in [5.74, 6) is 1.07. The molecule has 1 aromatic carbocycles. The fourth-order valence-corrected chi connectivity index (χ4v) is 4.33. The number of aromatic hydroxyl groups is 1. The van der Waals surface area contributed by atoms with Gasteiger partial charge < -0.3 is 20.9 Å². The summed E-state index contributed by atoms with van der Waals surface area (Å²) in [7, 11) is 1.61. The van der Waals surface area contributed by atoms with E-state index >= 15 is 0 Å². The van der Waals surface area contributed by atoms with Gasteiger partial charge in [-0.05, 0) is 32.4 Å². The van der Waals surface area contributed by atoms with Crippen molar-refractivity contribution in [3.8, 4) is 22.7 Å². The number of anilines is 2. The molecule has 0 aliphatic carbocycles. The highest BCUT2D eigenvalue weighted by Crippen LogP contribution is 2.43. The van der Waals surface area contributed by atoms with Crippen molar-refractivity contribution in [2.75, 3.05) is 24.8 Å². The number of amides is 1. The van der Waals surface area contributed by atoms with Crippen molar-refractivity contribution in [1.29, 1.82) is 0 Å². The van der Waals surface area contributed by atoms with Crippen LogP contribution in [0.4, 0.5) is 11.6 Å². The minimum absolute atomic E-state index is 0.137. The van der Waals surface area contributed by atoms with E-state index < -0.39 is 0 Å².